The zero-order chi connectivity index (χ0) is 14.0. The second-order valence-corrected chi connectivity index (χ2v) is 7.23. The van der Waals surface area contributed by atoms with E-state index in [2.05, 4.69) is 22.8 Å². The molecule has 1 N–H and O–H groups in total. The van der Waals surface area contributed by atoms with Crippen molar-refractivity contribution in [1.29, 1.82) is 0 Å². The molecule has 1 aromatic heterocycles. The smallest absolute Gasteiger partial charge is 0.326 e. The zero-order valence-electron chi connectivity index (χ0n) is 12.1. The molecule has 110 valence electrons. The van der Waals surface area contributed by atoms with Gasteiger partial charge in [0.1, 0.15) is 5.54 Å². The summed E-state index contributed by atoms with van der Waals surface area (Å²) in [6.45, 7) is 0.768. The Kier molecular flexibility index (Phi) is 4.13. The monoisotopic (exact) mass is 293 g/mol. The summed E-state index contributed by atoms with van der Waals surface area (Å²) < 4.78 is 5.11. The van der Waals surface area contributed by atoms with Crippen LogP contribution in [0.5, 0.6) is 0 Å². The Bertz CT molecular complexity index is 455. The number of esters is 1. The summed E-state index contributed by atoms with van der Waals surface area (Å²) in [5.41, 5.74) is -0.454. The minimum Gasteiger partial charge on any atom is -0.468 e. The third-order valence-corrected chi connectivity index (χ3v) is 5.71. The van der Waals surface area contributed by atoms with Crippen molar-refractivity contribution >= 4 is 17.3 Å². The van der Waals surface area contributed by atoms with Gasteiger partial charge in [-0.1, -0.05) is 18.9 Å². The topological polar surface area (TPSA) is 38.3 Å². The number of carbonyl (C=O) groups is 1. The summed E-state index contributed by atoms with van der Waals surface area (Å²) in [5, 5.41) is 5.62. The quantitative estimate of drug-likeness (QED) is 0.846. The molecule has 4 heteroatoms. The van der Waals surface area contributed by atoms with Crippen LogP contribution in [0.1, 0.15) is 43.4 Å². The van der Waals surface area contributed by atoms with Gasteiger partial charge < -0.3 is 4.74 Å². The molecule has 1 aromatic rings. The first kappa shape index (κ1) is 14.1. The standard InChI is InChI=1S/C16H23NO2S/c1-19-15(18)16(17-11-14-5-3-9-20-14)8-2-4-13(10-16)12-6-7-12/h3,5,9,12-13,17H,2,4,6-8,10-11H2,1H3. The van der Waals surface area contributed by atoms with Crippen molar-refractivity contribution in [2.24, 2.45) is 11.8 Å². The molecule has 2 aliphatic carbocycles. The van der Waals surface area contributed by atoms with Crippen LogP contribution in [0.15, 0.2) is 17.5 Å². The molecule has 0 spiro atoms. The highest BCUT2D eigenvalue weighted by Gasteiger charge is 2.46. The molecular formula is C16H23NO2S. The Hall–Kier alpha value is -0.870. The lowest BCUT2D eigenvalue weighted by Crippen LogP contribution is -2.55. The Morgan fingerprint density at radius 2 is 2.30 bits per heavy atom. The van der Waals surface area contributed by atoms with E-state index in [1.165, 1.54) is 31.2 Å². The largest absolute Gasteiger partial charge is 0.468 e. The fourth-order valence-corrected chi connectivity index (χ4v) is 4.22. The SMILES string of the molecule is COC(=O)C1(NCc2cccs2)CCCC(C2CC2)C1. The first-order valence-corrected chi connectivity index (χ1v) is 8.47. The van der Waals surface area contributed by atoms with Crippen molar-refractivity contribution < 1.29 is 9.53 Å². The number of ether oxygens (including phenoxy) is 1. The number of thiophene rings is 1. The van der Waals surface area contributed by atoms with Gasteiger partial charge in [0.25, 0.3) is 0 Å². The van der Waals surface area contributed by atoms with E-state index in [9.17, 15) is 4.79 Å². The molecule has 2 aliphatic rings. The van der Waals surface area contributed by atoms with Crippen molar-refractivity contribution in [3.05, 3.63) is 22.4 Å². The maximum absolute atomic E-state index is 12.4. The van der Waals surface area contributed by atoms with Crippen LogP contribution in [-0.4, -0.2) is 18.6 Å². The number of rotatable bonds is 5. The van der Waals surface area contributed by atoms with E-state index in [4.69, 9.17) is 4.74 Å². The van der Waals surface area contributed by atoms with Crippen molar-refractivity contribution in [2.75, 3.05) is 7.11 Å². The molecule has 0 bridgehead atoms. The third-order valence-electron chi connectivity index (χ3n) is 4.84. The minimum atomic E-state index is -0.454. The first-order valence-electron chi connectivity index (χ1n) is 7.59. The van der Waals surface area contributed by atoms with Crippen molar-refractivity contribution in [2.45, 2.75) is 50.6 Å². The molecule has 0 radical (unpaired) electrons. The maximum Gasteiger partial charge on any atom is 0.326 e. The van der Waals surface area contributed by atoms with E-state index in [0.29, 0.717) is 5.92 Å². The highest BCUT2D eigenvalue weighted by molar-refractivity contribution is 7.09. The average molecular weight is 293 g/mol. The van der Waals surface area contributed by atoms with Crippen LogP contribution in [0.3, 0.4) is 0 Å². The lowest BCUT2D eigenvalue weighted by molar-refractivity contribution is -0.151. The number of hydrogen-bond acceptors (Lipinski definition) is 4. The molecule has 0 amide bonds. The Morgan fingerprint density at radius 1 is 1.45 bits per heavy atom. The Balaban J connectivity index is 1.71. The lowest BCUT2D eigenvalue weighted by atomic mass is 9.73. The average Bonchev–Trinajstić information content (AvgIpc) is 3.21. The van der Waals surface area contributed by atoms with Gasteiger partial charge in [0.2, 0.25) is 0 Å². The molecule has 20 heavy (non-hydrogen) atoms. The van der Waals surface area contributed by atoms with Crippen LogP contribution >= 0.6 is 11.3 Å². The zero-order valence-corrected chi connectivity index (χ0v) is 12.9. The maximum atomic E-state index is 12.4. The molecule has 2 atom stereocenters. The van der Waals surface area contributed by atoms with Gasteiger partial charge in [-0.05, 0) is 49.0 Å². The summed E-state index contributed by atoms with van der Waals surface area (Å²) in [6, 6.07) is 4.17. The van der Waals surface area contributed by atoms with Crippen molar-refractivity contribution in [3.8, 4) is 0 Å². The summed E-state index contributed by atoms with van der Waals surface area (Å²) in [6.07, 6.45) is 6.99. The molecule has 0 saturated heterocycles. The second kappa shape index (κ2) is 5.86. The van der Waals surface area contributed by atoms with Crippen LogP contribution in [0.2, 0.25) is 0 Å². The van der Waals surface area contributed by atoms with E-state index < -0.39 is 5.54 Å². The fourth-order valence-electron chi connectivity index (χ4n) is 3.57. The van der Waals surface area contributed by atoms with Gasteiger partial charge in [-0.15, -0.1) is 11.3 Å². The van der Waals surface area contributed by atoms with Gasteiger partial charge in [-0.3, -0.25) is 10.1 Å². The fraction of sp³-hybridized carbons (Fsp3) is 0.688. The third kappa shape index (κ3) is 2.91. The molecule has 2 unspecified atom stereocenters. The highest BCUT2D eigenvalue weighted by Crippen LogP contribution is 2.47. The van der Waals surface area contributed by atoms with E-state index in [-0.39, 0.29) is 5.97 Å². The van der Waals surface area contributed by atoms with Gasteiger partial charge in [0.15, 0.2) is 0 Å². The van der Waals surface area contributed by atoms with E-state index in [1.807, 2.05) is 0 Å². The number of nitrogens with one attached hydrogen (secondary N) is 1. The summed E-state index contributed by atoms with van der Waals surface area (Å²) in [4.78, 5) is 13.6. The molecular weight excluding hydrogens is 270 g/mol. The van der Waals surface area contributed by atoms with Crippen LogP contribution < -0.4 is 5.32 Å². The Morgan fingerprint density at radius 3 is 2.95 bits per heavy atom. The molecule has 1 heterocycles. The Labute approximate surface area is 124 Å². The number of methoxy groups -OCH3 is 1. The van der Waals surface area contributed by atoms with E-state index >= 15 is 0 Å². The van der Waals surface area contributed by atoms with Crippen LogP contribution in [0, 0.1) is 11.8 Å². The van der Waals surface area contributed by atoms with Gasteiger partial charge >= 0.3 is 5.97 Å². The summed E-state index contributed by atoms with van der Waals surface area (Å²) in [5.74, 6) is 1.50. The number of carbonyl (C=O) groups excluding carboxylic acids is 1. The molecule has 0 aliphatic heterocycles. The van der Waals surface area contributed by atoms with Gasteiger partial charge in [0.05, 0.1) is 7.11 Å². The van der Waals surface area contributed by atoms with Gasteiger partial charge in [0, 0.05) is 11.4 Å². The second-order valence-electron chi connectivity index (χ2n) is 6.20. The summed E-state index contributed by atoms with van der Waals surface area (Å²) in [7, 11) is 1.51. The molecule has 0 aromatic carbocycles. The molecule has 2 fully saturated rings. The molecule has 3 rings (SSSR count). The molecule has 3 nitrogen and oxygen atoms in total. The molecule has 2 saturated carbocycles. The van der Waals surface area contributed by atoms with E-state index in [1.54, 1.807) is 11.3 Å². The first-order chi connectivity index (χ1) is 9.73. The van der Waals surface area contributed by atoms with Crippen LogP contribution in [-0.2, 0) is 16.1 Å². The van der Waals surface area contributed by atoms with E-state index in [0.717, 1.165) is 31.7 Å². The predicted molar refractivity (Wildman–Crippen MR) is 80.6 cm³/mol. The number of hydrogen-bond donors (Lipinski definition) is 1. The highest BCUT2D eigenvalue weighted by atomic mass is 32.1. The van der Waals surface area contributed by atoms with Crippen molar-refractivity contribution in [3.63, 3.8) is 0 Å². The van der Waals surface area contributed by atoms with Crippen LogP contribution in [0.4, 0.5) is 0 Å². The minimum absolute atomic E-state index is 0.0700. The van der Waals surface area contributed by atoms with Crippen LogP contribution in [0.25, 0.3) is 0 Å². The predicted octanol–water partition coefficient (Wildman–Crippen LogP) is 3.35. The summed E-state index contributed by atoms with van der Waals surface area (Å²) >= 11 is 1.73. The van der Waals surface area contributed by atoms with Gasteiger partial charge in [-0.2, -0.15) is 0 Å². The van der Waals surface area contributed by atoms with Crippen molar-refractivity contribution in [1.82, 2.24) is 5.32 Å². The van der Waals surface area contributed by atoms with Gasteiger partial charge in [-0.25, -0.2) is 0 Å². The lowest BCUT2D eigenvalue weighted by Gasteiger charge is -2.39. The normalized spacial score (nSPS) is 30.1.